The molecule has 0 saturated carbocycles. The van der Waals surface area contributed by atoms with Crippen LogP contribution in [0.25, 0.3) is 10.9 Å². The first-order valence-electron chi connectivity index (χ1n) is 8.13. The monoisotopic (exact) mass is 372 g/mol. The highest BCUT2D eigenvalue weighted by atomic mass is 35.5. The molecule has 0 N–H and O–H groups in total. The summed E-state index contributed by atoms with van der Waals surface area (Å²) in [5, 5.41) is 1.65. The predicted molar refractivity (Wildman–Crippen MR) is 102 cm³/mol. The Kier molecular flexibility index (Phi) is 4.31. The number of piperazine rings is 1. The number of thiophene rings is 1. The zero-order valence-electron chi connectivity index (χ0n) is 13.8. The Hall–Kier alpha value is -2.18. The molecule has 2 aromatic heterocycles. The number of fused-ring (bicyclic) bond motifs is 1. The Bertz CT molecular complexity index is 934. The van der Waals surface area contributed by atoms with Gasteiger partial charge in [-0.15, -0.1) is 11.3 Å². The van der Waals surface area contributed by atoms with Crippen molar-refractivity contribution in [3.63, 3.8) is 0 Å². The van der Waals surface area contributed by atoms with Gasteiger partial charge >= 0.3 is 0 Å². The van der Waals surface area contributed by atoms with E-state index in [1.165, 1.54) is 0 Å². The molecule has 1 aliphatic heterocycles. The molecule has 1 aliphatic rings. The van der Waals surface area contributed by atoms with E-state index in [1.54, 1.807) is 17.7 Å². The summed E-state index contributed by atoms with van der Waals surface area (Å²) in [6.45, 7) is 4.91. The average molecular weight is 373 g/mol. The Morgan fingerprint density at radius 3 is 2.64 bits per heavy atom. The third-order valence-electron chi connectivity index (χ3n) is 4.40. The number of anilines is 1. The maximum absolute atomic E-state index is 12.6. The fourth-order valence-corrected chi connectivity index (χ4v) is 4.10. The minimum atomic E-state index is 0.122. The quantitative estimate of drug-likeness (QED) is 0.689. The number of rotatable bonds is 2. The van der Waals surface area contributed by atoms with Crippen LogP contribution in [-0.4, -0.2) is 47.0 Å². The van der Waals surface area contributed by atoms with Crippen molar-refractivity contribution >= 4 is 45.6 Å². The van der Waals surface area contributed by atoms with E-state index < -0.39 is 0 Å². The van der Waals surface area contributed by atoms with Gasteiger partial charge in [0.1, 0.15) is 12.1 Å². The lowest BCUT2D eigenvalue weighted by Gasteiger charge is -2.35. The minimum Gasteiger partial charge on any atom is -0.352 e. The largest absolute Gasteiger partial charge is 0.352 e. The fourth-order valence-electron chi connectivity index (χ4n) is 3.09. The van der Waals surface area contributed by atoms with Gasteiger partial charge in [0.05, 0.1) is 10.4 Å². The van der Waals surface area contributed by atoms with Crippen molar-refractivity contribution in [1.29, 1.82) is 0 Å². The lowest BCUT2D eigenvalue weighted by Crippen LogP contribution is -2.49. The lowest BCUT2D eigenvalue weighted by molar-refractivity contribution is 0.0751. The van der Waals surface area contributed by atoms with Gasteiger partial charge in [-0.1, -0.05) is 11.6 Å². The molecule has 1 aromatic carbocycles. The topological polar surface area (TPSA) is 49.3 Å². The number of halogens is 1. The van der Waals surface area contributed by atoms with Gasteiger partial charge in [-0.2, -0.15) is 0 Å². The zero-order chi connectivity index (χ0) is 17.4. The van der Waals surface area contributed by atoms with Gasteiger partial charge in [0.15, 0.2) is 0 Å². The molecule has 0 radical (unpaired) electrons. The molecule has 25 heavy (non-hydrogen) atoms. The molecule has 0 unspecified atom stereocenters. The van der Waals surface area contributed by atoms with Gasteiger partial charge in [0, 0.05) is 41.5 Å². The maximum atomic E-state index is 12.6. The SMILES string of the molecule is Cc1ccc(C(=O)N2CCN(c3ncnc4cc(Cl)ccc34)CC2)s1. The molecular formula is C18H17ClN4OS. The molecular weight excluding hydrogens is 356 g/mol. The summed E-state index contributed by atoms with van der Waals surface area (Å²) in [5.74, 6) is 1.03. The van der Waals surface area contributed by atoms with Gasteiger partial charge in [0.25, 0.3) is 5.91 Å². The summed E-state index contributed by atoms with van der Waals surface area (Å²) >= 11 is 7.61. The second-order valence-corrected chi connectivity index (χ2v) is 7.77. The van der Waals surface area contributed by atoms with Crippen LogP contribution >= 0.6 is 22.9 Å². The van der Waals surface area contributed by atoms with Crippen molar-refractivity contribution in [3.05, 3.63) is 51.4 Å². The van der Waals surface area contributed by atoms with Crippen molar-refractivity contribution in [2.75, 3.05) is 31.1 Å². The van der Waals surface area contributed by atoms with E-state index in [-0.39, 0.29) is 5.91 Å². The van der Waals surface area contributed by atoms with Crippen LogP contribution in [-0.2, 0) is 0 Å². The van der Waals surface area contributed by atoms with Gasteiger partial charge in [-0.25, -0.2) is 9.97 Å². The number of aromatic nitrogens is 2. The van der Waals surface area contributed by atoms with Crippen molar-refractivity contribution in [2.24, 2.45) is 0 Å². The van der Waals surface area contributed by atoms with Crippen LogP contribution in [0.2, 0.25) is 5.02 Å². The van der Waals surface area contributed by atoms with Gasteiger partial charge in [-0.3, -0.25) is 4.79 Å². The number of aryl methyl sites for hydroxylation is 1. The summed E-state index contributed by atoms with van der Waals surface area (Å²) < 4.78 is 0. The van der Waals surface area contributed by atoms with E-state index in [0.717, 1.165) is 39.6 Å². The van der Waals surface area contributed by atoms with Crippen molar-refractivity contribution in [3.8, 4) is 0 Å². The first-order chi connectivity index (χ1) is 12.1. The molecule has 4 rings (SSSR count). The molecule has 0 aliphatic carbocycles. The molecule has 1 saturated heterocycles. The van der Waals surface area contributed by atoms with E-state index in [2.05, 4.69) is 14.9 Å². The third-order valence-corrected chi connectivity index (χ3v) is 5.62. The molecule has 7 heteroatoms. The molecule has 1 amide bonds. The van der Waals surface area contributed by atoms with Crippen LogP contribution < -0.4 is 4.90 Å². The normalized spacial score (nSPS) is 15.0. The van der Waals surface area contributed by atoms with E-state index in [4.69, 9.17) is 11.6 Å². The number of carbonyl (C=O) groups excluding carboxylic acids is 1. The standard InChI is InChI=1S/C18H17ClN4OS/c1-12-2-5-16(25-12)18(24)23-8-6-22(7-9-23)17-14-4-3-13(19)10-15(14)20-11-21-17/h2-5,10-11H,6-9H2,1H3. The molecule has 0 spiro atoms. The first kappa shape index (κ1) is 16.3. The first-order valence-corrected chi connectivity index (χ1v) is 9.32. The van der Waals surface area contributed by atoms with Crippen LogP contribution in [0.15, 0.2) is 36.7 Å². The van der Waals surface area contributed by atoms with Crippen LogP contribution in [0.3, 0.4) is 0 Å². The summed E-state index contributed by atoms with van der Waals surface area (Å²) in [5.41, 5.74) is 0.838. The van der Waals surface area contributed by atoms with Crippen molar-refractivity contribution in [2.45, 2.75) is 6.92 Å². The van der Waals surface area contributed by atoms with E-state index >= 15 is 0 Å². The molecule has 3 aromatic rings. The molecule has 1 fully saturated rings. The van der Waals surface area contributed by atoms with Crippen LogP contribution in [0.1, 0.15) is 14.5 Å². The van der Waals surface area contributed by atoms with E-state index in [1.807, 2.05) is 42.2 Å². The highest BCUT2D eigenvalue weighted by Gasteiger charge is 2.24. The molecule has 128 valence electrons. The Labute approximate surface area is 154 Å². The van der Waals surface area contributed by atoms with E-state index in [9.17, 15) is 4.79 Å². The second kappa shape index (κ2) is 6.61. The summed E-state index contributed by atoms with van der Waals surface area (Å²) in [6.07, 6.45) is 1.57. The zero-order valence-corrected chi connectivity index (χ0v) is 15.3. The highest BCUT2D eigenvalue weighted by molar-refractivity contribution is 7.13. The molecule has 0 atom stereocenters. The summed E-state index contributed by atoms with van der Waals surface area (Å²) in [4.78, 5) is 27.4. The van der Waals surface area contributed by atoms with Crippen LogP contribution in [0.4, 0.5) is 5.82 Å². The number of carbonyl (C=O) groups is 1. The van der Waals surface area contributed by atoms with Crippen LogP contribution in [0.5, 0.6) is 0 Å². The highest BCUT2D eigenvalue weighted by Crippen LogP contribution is 2.26. The number of benzene rings is 1. The second-order valence-electron chi connectivity index (χ2n) is 6.05. The number of amides is 1. The van der Waals surface area contributed by atoms with Crippen LogP contribution in [0, 0.1) is 6.92 Å². The summed E-state index contributed by atoms with van der Waals surface area (Å²) in [6, 6.07) is 9.57. The Morgan fingerprint density at radius 2 is 1.92 bits per heavy atom. The molecule has 5 nitrogen and oxygen atoms in total. The minimum absolute atomic E-state index is 0.122. The third kappa shape index (κ3) is 3.19. The predicted octanol–water partition coefficient (Wildman–Crippen LogP) is 3.62. The lowest BCUT2D eigenvalue weighted by atomic mass is 10.2. The average Bonchev–Trinajstić information content (AvgIpc) is 3.07. The summed E-state index contributed by atoms with van der Waals surface area (Å²) in [7, 11) is 0. The number of nitrogens with zero attached hydrogens (tertiary/aromatic N) is 4. The smallest absolute Gasteiger partial charge is 0.264 e. The fraction of sp³-hybridized carbons (Fsp3) is 0.278. The number of hydrogen-bond acceptors (Lipinski definition) is 5. The van der Waals surface area contributed by atoms with Crippen molar-refractivity contribution in [1.82, 2.24) is 14.9 Å². The Balaban J connectivity index is 1.51. The maximum Gasteiger partial charge on any atom is 0.264 e. The van der Waals surface area contributed by atoms with Gasteiger partial charge in [0.2, 0.25) is 0 Å². The van der Waals surface area contributed by atoms with Crippen molar-refractivity contribution < 1.29 is 4.79 Å². The van der Waals surface area contributed by atoms with Gasteiger partial charge in [-0.05, 0) is 37.3 Å². The van der Waals surface area contributed by atoms with Gasteiger partial charge < -0.3 is 9.80 Å². The molecule has 3 heterocycles. The number of hydrogen-bond donors (Lipinski definition) is 0. The Morgan fingerprint density at radius 1 is 1.12 bits per heavy atom. The van der Waals surface area contributed by atoms with E-state index in [0.29, 0.717) is 18.1 Å². The molecule has 0 bridgehead atoms.